The molecule has 1 heterocycles. The van der Waals surface area contributed by atoms with Crippen LogP contribution in [0.25, 0.3) is 0 Å². The van der Waals surface area contributed by atoms with E-state index >= 15 is 0 Å². The molecule has 0 fully saturated rings. The first-order valence-electron chi connectivity index (χ1n) is 7.23. The Balaban J connectivity index is 2.14. The maximum Gasteiger partial charge on any atom is 0.259 e. The summed E-state index contributed by atoms with van der Waals surface area (Å²) >= 11 is 3.55. The lowest BCUT2D eigenvalue weighted by Gasteiger charge is -2.40. The van der Waals surface area contributed by atoms with Gasteiger partial charge in [0.05, 0.1) is 22.7 Å². The average molecular weight is 371 g/mol. The third kappa shape index (κ3) is 2.65. The molecule has 3 rings (SSSR count). The van der Waals surface area contributed by atoms with E-state index in [2.05, 4.69) is 22.0 Å². The number of halogens is 1. The van der Waals surface area contributed by atoms with Crippen LogP contribution in [0.5, 0.6) is 0 Å². The van der Waals surface area contributed by atoms with Gasteiger partial charge in [-0.2, -0.15) is 5.26 Å². The Hall–Kier alpha value is -2.16. The second kappa shape index (κ2) is 6.53. The van der Waals surface area contributed by atoms with Gasteiger partial charge in [-0.3, -0.25) is 9.69 Å². The van der Waals surface area contributed by atoms with E-state index in [-0.39, 0.29) is 16.8 Å². The highest BCUT2D eigenvalue weighted by Crippen LogP contribution is 2.42. The molecule has 3 unspecified atom stereocenters. The molecule has 0 bridgehead atoms. The molecule has 1 amide bonds. The molecule has 23 heavy (non-hydrogen) atoms. The van der Waals surface area contributed by atoms with Gasteiger partial charge in [-0.25, -0.2) is 0 Å². The molecule has 5 heteroatoms. The van der Waals surface area contributed by atoms with Gasteiger partial charge in [0.25, 0.3) is 5.91 Å². The summed E-state index contributed by atoms with van der Waals surface area (Å²) in [7, 11) is 1.61. The van der Waals surface area contributed by atoms with Crippen LogP contribution in [0, 0.1) is 11.3 Å². The SMILES string of the molecule is COC1c2ccccc2N(C(=O)c2ccccc2)C(C#N)C1Br. The summed E-state index contributed by atoms with van der Waals surface area (Å²) in [6, 6.07) is 18.1. The number of alkyl halides is 1. The molecule has 4 nitrogen and oxygen atoms in total. The minimum atomic E-state index is -0.650. The molecule has 1 aliphatic heterocycles. The van der Waals surface area contributed by atoms with E-state index in [9.17, 15) is 10.1 Å². The smallest absolute Gasteiger partial charge is 0.259 e. The number of para-hydroxylation sites is 1. The van der Waals surface area contributed by atoms with Gasteiger partial charge >= 0.3 is 0 Å². The largest absolute Gasteiger partial charge is 0.375 e. The summed E-state index contributed by atoms with van der Waals surface area (Å²) in [4.78, 5) is 14.2. The zero-order valence-electron chi connectivity index (χ0n) is 12.5. The van der Waals surface area contributed by atoms with Crippen molar-refractivity contribution >= 4 is 27.5 Å². The van der Waals surface area contributed by atoms with E-state index in [0.717, 1.165) is 11.3 Å². The van der Waals surface area contributed by atoms with Crippen molar-refractivity contribution in [2.24, 2.45) is 0 Å². The number of nitrogens with zero attached hydrogens (tertiary/aromatic N) is 2. The van der Waals surface area contributed by atoms with Crippen LogP contribution in [0.3, 0.4) is 0 Å². The zero-order valence-corrected chi connectivity index (χ0v) is 14.1. The number of anilines is 1. The first kappa shape index (κ1) is 15.7. The van der Waals surface area contributed by atoms with Crippen molar-refractivity contribution < 1.29 is 9.53 Å². The van der Waals surface area contributed by atoms with Crippen LogP contribution in [0.1, 0.15) is 22.0 Å². The predicted octanol–water partition coefficient (Wildman–Crippen LogP) is 3.69. The molecule has 116 valence electrons. The molecule has 2 aromatic carbocycles. The minimum Gasteiger partial charge on any atom is -0.375 e. The lowest BCUT2D eigenvalue weighted by atomic mass is 9.92. The molecule has 0 saturated heterocycles. The summed E-state index contributed by atoms with van der Waals surface area (Å²) in [6.07, 6.45) is -0.282. The van der Waals surface area contributed by atoms with Gasteiger partial charge < -0.3 is 4.74 Å². The van der Waals surface area contributed by atoms with Gasteiger partial charge in [0.1, 0.15) is 6.04 Å². The fraction of sp³-hybridized carbons (Fsp3) is 0.222. The Morgan fingerprint density at radius 1 is 1.17 bits per heavy atom. The number of ether oxygens (including phenoxy) is 1. The van der Waals surface area contributed by atoms with E-state index in [1.807, 2.05) is 42.5 Å². The number of amides is 1. The van der Waals surface area contributed by atoms with E-state index in [1.54, 1.807) is 24.1 Å². The van der Waals surface area contributed by atoms with Crippen LogP contribution in [0.15, 0.2) is 54.6 Å². The Morgan fingerprint density at radius 2 is 1.83 bits per heavy atom. The molecule has 3 atom stereocenters. The second-order valence-electron chi connectivity index (χ2n) is 5.27. The summed E-state index contributed by atoms with van der Waals surface area (Å²) in [5, 5.41) is 9.64. The number of carbonyl (C=O) groups is 1. The third-order valence-corrected chi connectivity index (χ3v) is 4.98. The van der Waals surface area contributed by atoms with Gasteiger partial charge in [0.15, 0.2) is 0 Å². The Morgan fingerprint density at radius 3 is 2.48 bits per heavy atom. The maximum atomic E-state index is 13.0. The summed E-state index contributed by atoms with van der Waals surface area (Å²) in [5.74, 6) is -0.191. The van der Waals surface area contributed by atoms with Crippen LogP contribution in [-0.2, 0) is 4.74 Å². The number of carbonyl (C=O) groups excluding carboxylic acids is 1. The molecule has 0 spiro atoms. The number of methoxy groups -OCH3 is 1. The number of rotatable bonds is 2. The highest BCUT2D eigenvalue weighted by Gasteiger charge is 2.43. The van der Waals surface area contributed by atoms with Gasteiger partial charge in [-0.05, 0) is 18.2 Å². The molecule has 2 aromatic rings. The molecular formula is C18H15BrN2O2. The average Bonchev–Trinajstić information content (AvgIpc) is 2.61. The van der Waals surface area contributed by atoms with Crippen LogP contribution in [-0.4, -0.2) is 23.9 Å². The molecular weight excluding hydrogens is 356 g/mol. The molecule has 1 aliphatic rings. The summed E-state index contributed by atoms with van der Waals surface area (Å²) in [5.41, 5.74) is 2.17. The number of hydrogen-bond acceptors (Lipinski definition) is 3. The molecule has 0 radical (unpaired) electrons. The van der Waals surface area contributed by atoms with Crippen molar-refractivity contribution in [3.05, 3.63) is 65.7 Å². The minimum absolute atomic E-state index is 0.191. The number of benzene rings is 2. The first-order valence-corrected chi connectivity index (χ1v) is 8.14. The van der Waals surface area contributed by atoms with E-state index in [0.29, 0.717) is 5.56 Å². The Labute approximate surface area is 143 Å². The van der Waals surface area contributed by atoms with Crippen molar-refractivity contribution in [2.45, 2.75) is 17.0 Å². The van der Waals surface area contributed by atoms with Gasteiger partial charge in [0, 0.05) is 18.2 Å². The van der Waals surface area contributed by atoms with E-state index < -0.39 is 6.04 Å². The number of fused-ring (bicyclic) bond motifs is 1. The standard InChI is InChI=1S/C18H15BrN2O2/c1-23-17-13-9-5-6-10-14(13)21(15(11-20)16(17)19)18(22)12-7-3-2-4-8-12/h2-10,15-17H,1H3. The number of nitriles is 1. The third-order valence-electron chi connectivity index (χ3n) is 4.00. The van der Waals surface area contributed by atoms with Gasteiger partial charge in [-0.1, -0.05) is 52.3 Å². The Bertz CT molecular complexity index is 757. The quantitative estimate of drug-likeness (QED) is 0.757. The zero-order chi connectivity index (χ0) is 16.4. The number of hydrogen-bond donors (Lipinski definition) is 0. The predicted molar refractivity (Wildman–Crippen MR) is 91.6 cm³/mol. The maximum absolute atomic E-state index is 13.0. The van der Waals surface area contributed by atoms with Crippen LogP contribution < -0.4 is 4.90 Å². The lowest BCUT2D eigenvalue weighted by Crippen LogP contribution is -2.50. The normalized spacial score (nSPS) is 23.0. The van der Waals surface area contributed by atoms with Gasteiger partial charge in [-0.15, -0.1) is 0 Å². The van der Waals surface area contributed by atoms with E-state index in [4.69, 9.17) is 4.74 Å². The Kier molecular flexibility index (Phi) is 4.46. The molecule has 0 N–H and O–H groups in total. The van der Waals surface area contributed by atoms with Crippen molar-refractivity contribution in [3.63, 3.8) is 0 Å². The van der Waals surface area contributed by atoms with Crippen molar-refractivity contribution in [1.82, 2.24) is 0 Å². The topological polar surface area (TPSA) is 53.3 Å². The lowest BCUT2D eigenvalue weighted by molar-refractivity contribution is 0.0867. The van der Waals surface area contributed by atoms with Crippen molar-refractivity contribution in [3.8, 4) is 6.07 Å². The summed E-state index contributed by atoms with van der Waals surface area (Å²) < 4.78 is 5.56. The molecule has 0 aliphatic carbocycles. The highest BCUT2D eigenvalue weighted by molar-refractivity contribution is 9.09. The van der Waals surface area contributed by atoms with Crippen LogP contribution in [0.4, 0.5) is 5.69 Å². The van der Waals surface area contributed by atoms with Crippen LogP contribution >= 0.6 is 15.9 Å². The van der Waals surface area contributed by atoms with Crippen molar-refractivity contribution in [1.29, 1.82) is 5.26 Å². The van der Waals surface area contributed by atoms with Crippen molar-refractivity contribution in [2.75, 3.05) is 12.0 Å². The first-order chi connectivity index (χ1) is 11.2. The monoisotopic (exact) mass is 370 g/mol. The van der Waals surface area contributed by atoms with E-state index in [1.165, 1.54) is 0 Å². The second-order valence-corrected chi connectivity index (χ2v) is 6.33. The molecule has 0 saturated carbocycles. The highest BCUT2D eigenvalue weighted by atomic mass is 79.9. The van der Waals surface area contributed by atoms with Crippen LogP contribution in [0.2, 0.25) is 0 Å². The molecule has 0 aromatic heterocycles. The fourth-order valence-electron chi connectivity index (χ4n) is 2.92. The van der Waals surface area contributed by atoms with Gasteiger partial charge in [0.2, 0.25) is 0 Å². The summed E-state index contributed by atoms with van der Waals surface area (Å²) in [6.45, 7) is 0. The fourth-order valence-corrected chi connectivity index (χ4v) is 3.77.